The fraction of sp³-hybridized carbons (Fsp3) is 0.500. The van der Waals surface area contributed by atoms with E-state index in [9.17, 15) is 13.2 Å². The van der Waals surface area contributed by atoms with Crippen LogP contribution in [0.15, 0.2) is 21.5 Å². The van der Waals surface area contributed by atoms with Crippen molar-refractivity contribution >= 4 is 31.9 Å². The Balaban J connectivity index is 2.37. The molecule has 116 valence electrons. The van der Waals surface area contributed by atoms with E-state index in [1.54, 1.807) is 17.9 Å². The predicted octanol–water partition coefficient (Wildman–Crippen LogP) is 2.28. The van der Waals surface area contributed by atoms with Crippen molar-refractivity contribution in [3.05, 3.63) is 27.7 Å². The first-order valence-corrected chi connectivity index (χ1v) is 9.20. The summed E-state index contributed by atoms with van der Waals surface area (Å²) in [4.78, 5) is 14.3. The number of nitrogens with zero attached hydrogens (tertiary/aromatic N) is 1. The predicted molar refractivity (Wildman–Crippen MR) is 84.6 cm³/mol. The minimum Gasteiger partial charge on any atom is -0.338 e. The van der Waals surface area contributed by atoms with Gasteiger partial charge >= 0.3 is 0 Å². The molecular weight excluding hydrogens is 356 g/mol. The highest BCUT2D eigenvalue weighted by molar-refractivity contribution is 9.10. The summed E-state index contributed by atoms with van der Waals surface area (Å²) >= 11 is 3.22. The quantitative estimate of drug-likeness (QED) is 0.880. The SMILES string of the molecule is CCC1CCN(C(=O)c2cc(C)c(Br)c(S(N)(=O)=O)c2)C1. The van der Waals surface area contributed by atoms with Gasteiger partial charge in [0, 0.05) is 23.1 Å². The van der Waals surface area contributed by atoms with Crippen LogP contribution in [0.25, 0.3) is 0 Å². The van der Waals surface area contributed by atoms with Crippen molar-refractivity contribution in [1.29, 1.82) is 0 Å². The third-order valence-corrected chi connectivity index (χ3v) is 6.18. The van der Waals surface area contributed by atoms with E-state index in [0.717, 1.165) is 25.9 Å². The summed E-state index contributed by atoms with van der Waals surface area (Å²) in [7, 11) is -3.87. The van der Waals surface area contributed by atoms with Crippen LogP contribution in [0, 0.1) is 12.8 Å². The molecule has 1 aromatic rings. The summed E-state index contributed by atoms with van der Waals surface area (Å²) in [6.45, 7) is 5.31. The number of benzene rings is 1. The molecule has 0 saturated carbocycles. The van der Waals surface area contributed by atoms with E-state index in [1.165, 1.54) is 6.07 Å². The summed E-state index contributed by atoms with van der Waals surface area (Å²) < 4.78 is 23.7. The first kappa shape index (κ1) is 16.5. The molecule has 1 aliphatic rings. The lowest BCUT2D eigenvalue weighted by atomic mass is 10.1. The zero-order chi connectivity index (χ0) is 15.8. The average molecular weight is 375 g/mol. The van der Waals surface area contributed by atoms with E-state index in [0.29, 0.717) is 21.5 Å². The van der Waals surface area contributed by atoms with E-state index in [2.05, 4.69) is 22.9 Å². The number of carbonyl (C=O) groups is 1. The van der Waals surface area contributed by atoms with Gasteiger partial charge in [-0.25, -0.2) is 13.6 Å². The number of likely N-dealkylation sites (tertiary alicyclic amines) is 1. The van der Waals surface area contributed by atoms with Gasteiger partial charge in [0.1, 0.15) is 0 Å². The van der Waals surface area contributed by atoms with Crippen LogP contribution >= 0.6 is 15.9 Å². The van der Waals surface area contributed by atoms with Crippen LogP contribution in [0.4, 0.5) is 0 Å². The van der Waals surface area contributed by atoms with Gasteiger partial charge in [-0.15, -0.1) is 0 Å². The zero-order valence-electron chi connectivity index (χ0n) is 12.1. The second-order valence-corrected chi connectivity index (χ2v) is 7.79. The van der Waals surface area contributed by atoms with Crippen LogP contribution in [0.2, 0.25) is 0 Å². The van der Waals surface area contributed by atoms with Crippen molar-refractivity contribution in [2.75, 3.05) is 13.1 Å². The Morgan fingerprint density at radius 1 is 1.48 bits per heavy atom. The van der Waals surface area contributed by atoms with Crippen LogP contribution < -0.4 is 5.14 Å². The molecule has 1 aliphatic heterocycles. The summed E-state index contributed by atoms with van der Waals surface area (Å²) in [5.74, 6) is 0.398. The first-order chi connectivity index (χ1) is 9.74. The molecule has 7 heteroatoms. The molecule has 0 aliphatic carbocycles. The molecule has 1 amide bonds. The number of rotatable bonds is 3. The Bertz CT molecular complexity index is 673. The molecule has 1 aromatic carbocycles. The molecule has 21 heavy (non-hydrogen) atoms. The Labute approximate surface area is 133 Å². The Hall–Kier alpha value is -0.920. The molecular formula is C14H19BrN2O3S. The van der Waals surface area contributed by atoms with Gasteiger partial charge in [0.2, 0.25) is 10.0 Å². The number of primary sulfonamides is 1. The third kappa shape index (κ3) is 3.46. The summed E-state index contributed by atoms with van der Waals surface area (Å²) in [5, 5.41) is 5.21. The number of sulfonamides is 1. The molecule has 0 spiro atoms. The van der Waals surface area contributed by atoms with Gasteiger partial charge in [-0.2, -0.15) is 0 Å². The van der Waals surface area contributed by atoms with E-state index >= 15 is 0 Å². The van der Waals surface area contributed by atoms with E-state index in [1.807, 2.05) is 0 Å². The van der Waals surface area contributed by atoms with E-state index < -0.39 is 10.0 Å². The molecule has 1 atom stereocenters. The highest BCUT2D eigenvalue weighted by atomic mass is 79.9. The Morgan fingerprint density at radius 2 is 2.14 bits per heavy atom. The maximum atomic E-state index is 12.5. The maximum absolute atomic E-state index is 12.5. The number of amides is 1. The first-order valence-electron chi connectivity index (χ1n) is 6.86. The van der Waals surface area contributed by atoms with Crippen LogP contribution in [0.3, 0.4) is 0 Å². The number of carbonyl (C=O) groups excluding carboxylic acids is 1. The fourth-order valence-electron chi connectivity index (χ4n) is 2.60. The van der Waals surface area contributed by atoms with Gasteiger partial charge in [-0.05, 0) is 52.9 Å². The number of hydrogen-bond donors (Lipinski definition) is 1. The molecule has 0 bridgehead atoms. The van der Waals surface area contributed by atoms with Crippen molar-refractivity contribution in [3.8, 4) is 0 Å². The Kier molecular flexibility index (Phi) is 4.75. The molecule has 1 unspecified atom stereocenters. The van der Waals surface area contributed by atoms with E-state index in [4.69, 9.17) is 5.14 Å². The second kappa shape index (κ2) is 6.06. The summed E-state index contributed by atoms with van der Waals surface area (Å²) in [6, 6.07) is 3.05. The average Bonchev–Trinajstić information content (AvgIpc) is 2.88. The lowest BCUT2D eigenvalue weighted by Crippen LogP contribution is -2.29. The smallest absolute Gasteiger partial charge is 0.253 e. The minimum atomic E-state index is -3.87. The molecule has 1 heterocycles. The van der Waals surface area contributed by atoms with Gasteiger partial charge in [-0.1, -0.05) is 13.3 Å². The van der Waals surface area contributed by atoms with Crippen LogP contribution in [-0.4, -0.2) is 32.3 Å². The second-order valence-electron chi connectivity index (χ2n) is 5.46. The van der Waals surface area contributed by atoms with Crippen molar-refractivity contribution in [2.24, 2.45) is 11.1 Å². The van der Waals surface area contributed by atoms with Crippen molar-refractivity contribution in [3.63, 3.8) is 0 Å². The van der Waals surface area contributed by atoms with Gasteiger partial charge in [-0.3, -0.25) is 4.79 Å². The number of halogens is 1. The van der Waals surface area contributed by atoms with Crippen molar-refractivity contribution < 1.29 is 13.2 Å². The molecule has 1 fully saturated rings. The molecule has 2 rings (SSSR count). The highest BCUT2D eigenvalue weighted by Gasteiger charge is 2.27. The maximum Gasteiger partial charge on any atom is 0.253 e. The van der Waals surface area contributed by atoms with Gasteiger partial charge in [0.25, 0.3) is 5.91 Å². The fourth-order valence-corrected chi connectivity index (χ4v) is 4.21. The molecule has 0 aromatic heterocycles. The van der Waals surface area contributed by atoms with E-state index in [-0.39, 0.29) is 10.8 Å². The summed E-state index contributed by atoms with van der Waals surface area (Å²) in [5.41, 5.74) is 1.05. The van der Waals surface area contributed by atoms with Crippen LogP contribution in [0.1, 0.15) is 35.7 Å². The normalized spacial score (nSPS) is 19.0. The van der Waals surface area contributed by atoms with Gasteiger partial charge in [0.05, 0.1) is 4.90 Å². The van der Waals surface area contributed by atoms with Crippen LogP contribution in [0.5, 0.6) is 0 Å². The number of aryl methyl sites for hydroxylation is 1. The van der Waals surface area contributed by atoms with Gasteiger partial charge < -0.3 is 4.90 Å². The minimum absolute atomic E-state index is 0.0444. The lowest BCUT2D eigenvalue weighted by molar-refractivity contribution is 0.0786. The molecule has 0 radical (unpaired) electrons. The summed E-state index contributed by atoms with van der Waals surface area (Å²) in [6.07, 6.45) is 2.05. The zero-order valence-corrected chi connectivity index (χ0v) is 14.5. The molecule has 5 nitrogen and oxygen atoms in total. The monoisotopic (exact) mass is 374 g/mol. The number of hydrogen-bond acceptors (Lipinski definition) is 3. The van der Waals surface area contributed by atoms with Crippen LogP contribution in [-0.2, 0) is 10.0 Å². The largest absolute Gasteiger partial charge is 0.338 e. The molecule has 1 saturated heterocycles. The van der Waals surface area contributed by atoms with Crippen molar-refractivity contribution in [2.45, 2.75) is 31.6 Å². The molecule has 2 N–H and O–H groups in total. The van der Waals surface area contributed by atoms with Crippen molar-refractivity contribution in [1.82, 2.24) is 4.90 Å². The highest BCUT2D eigenvalue weighted by Crippen LogP contribution is 2.28. The standard InChI is InChI=1S/C14H19BrN2O3S/c1-3-10-4-5-17(8-10)14(18)11-6-9(2)13(15)12(7-11)21(16,19)20/h6-7,10H,3-5,8H2,1-2H3,(H2,16,19,20). The number of nitrogens with two attached hydrogens (primary N) is 1. The lowest BCUT2D eigenvalue weighted by Gasteiger charge is -2.17. The van der Waals surface area contributed by atoms with Gasteiger partial charge in [0.15, 0.2) is 0 Å². The topological polar surface area (TPSA) is 80.5 Å². The Morgan fingerprint density at radius 3 is 2.67 bits per heavy atom. The third-order valence-electron chi connectivity index (χ3n) is 3.93.